The lowest BCUT2D eigenvalue weighted by Crippen LogP contribution is -1.88. The first kappa shape index (κ1) is 8.88. The Morgan fingerprint density at radius 3 is 2.50 bits per heavy atom. The molecule has 2 aromatic rings. The van der Waals surface area contributed by atoms with Crippen molar-refractivity contribution in [3.63, 3.8) is 0 Å². The van der Waals surface area contributed by atoms with Gasteiger partial charge in [-0.2, -0.15) is 0 Å². The van der Waals surface area contributed by atoms with E-state index in [1.54, 1.807) is 12.1 Å². The molecule has 2 rings (SSSR count). The Morgan fingerprint density at radius 1 is 1.00 bits per heavy atom. The quantitative estimate of drug-likeness (QED) is 0.668. The van der Waals surface area contributed by atoms with Crippen LogP contribution in [0.2, 0.25) is 0 Å². The van der Waals surface area contributed by atoms with Gasteiger partial charge < -0.3 is 0 Å². The summed E-state index contributed by atoms with van der Waals surface area (Å²) in [7, 11) is 0. The van der Waals surface area contributed by atoms with E-state index in [4.69, 9.17) is 0 Å². The van der Waals surface area contributed by atoms with E-state index in [1.165, 1.54) is 6.07 Å². The van der Waals surface area contributed by atoms with E-state index in [2.05, 4.69) is 4.98 Å². The van der Waals surface area contributed by atoms with E-state index in [9.17, 15) is 4.39 Å². The lowest BCUT2D eigenvalue weighted by atomic mass is 10.1. The summed E-state index contributed by atoms with van der Waals surface area (Å²) in [6.07, 6.45) is 0. The lowest BCUT2D eigenvalue weighted by Gasteiger charge is -2.02. The molecule has 0 radical (unpaired) electrons. The highest BCUT2D eigenvalue weighted by molar-refractivity contribution is 5.59. The second-order valence-corrected chi connectivity index (χ2v) is 3.14. The third kappa shape index (κ3) is 1.64. The van der Waals surface area contributed by atoms with Crippen molar-refractivity contribution in [3.8, 4) is 11.3 Å². The summed E-state index contributed by atoms with van der Waals surface area (Å²) in [5.74, 6) is -0.231. The van der Waals surface area contributed by atoms with Gasteiger partial charge in [-0.3, -0.25) is 4.98 Å². The zero-order chi connectivity index (χ0) is 9.97. The largest absolute Gasteiger partial charge is 0.253 e. The van der Waals surface area contributed by atoms with Gasteiger partial charge in [0.05, 0.1) is 5.69 Å². The van der Waals surface area contributed by atoms with Gasteiger partial charge in [-0.1, -0.05) is 18.2 Å². The Labute approximate surface area is 82.2 Å². The molecule has 1 heterocycles. The first-order valence-electron chi connectivity index (χ1n) is 4.46. The number of hydrogen-bond acceptors (Lipinski definition) is 1. The summed E-state index contributed by atoms with van der Waals surface area (Å²) < 4.78 is 13.4. The standard InChI is InChI=1S/C12H10FN/c1-9-5-4-8-12(14-9)10-6-2-3-7-11(10)13/h2-8H,1H3. The Morgan fingerprint density at radius 2 is 1.79 bits per heavy atom. The molecule has 2 heteroatoms. The van der Waals surface area contributed by atoms with Gasteiger partial charge >= 0.3 is 0 Å². The third-order valence-corrected chi connectivity index (χ3v) is 2.04. The number of pyridine rings is 1. The Balaban J connectivity index is 2.55. The van der Waals surface area contributed by atoms with Crippen LogP contribution in [-0.2, 0) is 0 Å². The summed E-state index contributed by atoms with van der Waals surface area (Å²) in [6, 6.07) is 12.2. The molecule has 70 valence electrons. The second-order valence-electron chi connectivity index (χ2n) is 3.14. The molecular weight excluding hydrogens is 177 g/mol. The minimum absolute atomic E-state index is 0.231. The summed E-state index contributed by atoms with van der Waals surface area (Å²) in [5, 5.41) is 0. The molecule has 0 amide bonds. The molecule has 0 aliphatic carbocycles. The third-order valence-electron chi connectivity index (χ3n) is 2.04. The van der Waals surface area contributed by atoms with Crippen molar-refractivity contribution in [2.75, 3.05) is 0 Å². The number of aromatic nitrogens is 1. The van der Waals surface area contributed by atoms with Crippen LogP contribution in [0.1, 0.15) is 5.69 Å². The Bertz CT molecular complexity index is 452. The van der Waals surface area contributed by atoms with Gasteiger partial charge in [0.15, 0.2) is 0 Å². The van der Waals surface area contributed by atoms with Crippen molar-refractivity contribution in [3.05, 3.63) is 54.0 Å². The number of aryl methyl sites for hydroxylation is 1. The molecule has 0 aliphatic heterocycles. The van der Waals surface area contributed by atoms with Crippen LogP contribution in [0.4, 0.5) is 4.39 Å². The van der Waals surface area contributed by atoms with Crippen molar-refractivity contribution < 1.29 is 4.39 Å². The molecule has 0 saturated heterocycles. The van der Waals surface area contributed by atoms with Crippen molar-refractivity contribution in [2.24, 2.45) is 0 Å². The molecule has 0 fully saturated rings. The molecule has 1 aromatic carbocycles. The first-order valence-corrected chi connectivity index (χ1v) is 4.46. The number of benzene rings is 1. The van der Waals surface area contributed by atoms with Gasteiger partial charge in [0, 0.05) is 11.3 Å². The molecule has 0 bridgehead atoms. The molecule has 0 atom stereocenters. The van der Waals surface area contributed by atoms with Gasteiger partial charge in [0.2, 0.25) is 0 Å². The molecule has 0 N–H and O–H groups in total. The highest BCUT2D eigenvalue weighted by Gasteiger charge is 2.04. The fourth-order valence-corrected chi connectivity index (χ4v) is 1.36. The summed E-state index contributed by atoms with van der Waals surface area (Å²) in [6.45, 7) is 1.89. The summed E-state index contributed by atoms with van der Waals surface area (Å²) in [4.78, 5) is 4.26. The average molecular weight is 187 g/mol. The predicted molar refractivity (Wildman–Crippen MR) is 54.4 cm³/mol. The zero-order valence-corrected chi connectivity index (χ0v) is 7.87. The van der Waals surface area contributed by atoms with Crippen molar-refractivity contribution in [1.82, 2.24) is 4.98 Å². The fourth-order valence-electron chi connectivity index (χ4n) is 1.36. The average Bonchev–Trinajstić information content (AvgIpc) is 2.18. The number of nitrogens with zero attached hydrogens (tertiary/aromatic N) is 1. The predicted octanol–water partition coefficient (Wildman–Crippen LogP) is 3.20. The Kier molecular flexibility index (Phi) is 2.27. The SMILES string of the molecule is Cc1cccc(-c2ccccc2F)n1. The molecule has 0 spiro atoms. The molecule has 0 unspecified atom stereocenters. The number of rotatable bonds is 1. The molecular formula is C12H10FN. The number of hydrogen-bond donors (Lipinski definition) is 0. The summed E-state index contributed by atoms with van der Waals surface area (Å²) >= 11 is 0. The van der Waals surface area contributed by atoms with Crippen LogP contribution in [0.5, 0.6) is 0 Å². The van der Waals surface area contributed by atoms with Crippen molar-refractivity contribution in [1.29, 1.82) is 0 Å². The monoisotopic (exact) mass is 187 g/mol. The van der Waals surface area contributed by atoms with E-state index in [-0.39, 0.29) is 5.82 Å². The lowest BCUT2D eigenvalue weighted by molar-refractivity contribution is 0.630. The zero-order valence-electron chi connectivity index (χ0n) is 7.87. The van der Waals surface area contributed by atoms with Crippen LogP contribution in [0.3, 0.4) is 0 Å². The highest BCUT2D eigenvalue weighted by atomic mass is 19.1. The van der Waals surface area contributed by atoms with Crippen LogP contribution in [-0.4, -0.2) is 4.98 Å². The van der Waals surface area contributed by atoms with E-state index in [0.29, 0.717) is 11.3 Å². The Hall–Kier alpha value is -1.70. The van der Waals surface area contributed by atoms with Crippen LogP contribution in [0.15, 0.2) is 42.5 Å². The van der Waals surface area contributed by atoms with Crippen LogP contribution in [0, 0.1) is 12.7 Å². The van der Waals surface area contributed by atoms with E-state index in [1.807, 2.05) is 31.2 Å². The van der Waals surface area contributed by atoms with Crippen LogP contribution < -0.4 is 0 Å². The smallest absolute Gasteiger partial charge is 0.132 e. The van der Waals surface area contributed by atoms with Crippen molar-refractivity contribution in [2.45, 2.75) is 6.92 Å². The van der Waals surface area contributed by atoms with Gasteiger partial charge in [0.1, 0.15) is 5.82 Å². The highest BCUT2D eigenvalue weighted by Crippen LogP contribution is 2.20. The first-order chi connectivity index (χ1) is 6.77. The molecule has 0 saturated carbocycles. The maximum atomic E-state index is 13.4. The fraction of sp³-hybridized carbons (Fsp3) is 0.0833. The minimum Gasteiger partial charge on any atom is -0.253 e. The van der Waals surface area contributed by atoms with E-state index in [0.717, 1.165) is 5.69 Å². The van der Waals surface area contributed by atoms with E-state index >= 15 is 0 Å². The molecule has 0 aliphatic rings. The maximum absolute atomic E-state index is 13.4. The van der Waals surface area contributed by atoms with E-state index < -0.39 is 0 Å². The molecule has 1 aromatic heterocycles. The minimum atomic E-state index is -0.231. The summed E-state index contributed by atoms with van der Waals surface area (Å²) in [5.41, 5.74) is 2.13. The topological polar surface area (TPSA) is 12.9 Å². The number of halogens is 1. The van der Waals surface area contributed by atoms with Crippen molar-refractivity contribution >= 4 is 0 Å². The van der Waals surface area contributed by atoms with Crippen LogP contribution >= 0.6 is 0 Å². The van der Waals surface area contributed by atoms with Gasteiger partial charge in [0.25, 0.3) is 0 Å². The van der Waals surface area contributed by atoms with Gasteiger partial charge in [-0.25, -0.2) is 4.39 Å². The van der Waals surface area contributed by atoms with Crippen LogP contribution in [0.25, 0.3) is 11.3 Å². The van der Waals surface area contributed by atoms with Gasteiger partial charge in [-0.15, -0.1) is 0 Å². The molecule has 1 nitrogen and oxygen atoms in total. The normalized spacial score (nSPS) is 10.1. The van der Waals surface area contributed by atoms with Gasteiger partial charge in [-0.05, 0) is 31.2 Å². The molecule has 14 heavy (non-hydrogen) atoms. The maximum Gasteiger partial charge on any atom is 0.132 e. The second kappa shape index (κ2) is 3.58.